The third-order valence-corrected chi connectivity index (χ3v) is 5.90. The first kappa shape index (κ1) is 22.5. The van der Waals surface area contributed by atoms with Gasteiger partial charge in [-0.1, -0.05) is 24.3 Å². The van der Waals surface area contributed by atoms with Gasteiger partial charge in [0.2, 0.25) is 5.91 Å². The molecule has 33 heavy (non-hydrogen) atoms. The minimum absolute atomic E-state index is 0.0313. The average Bonchev–Trinajstić information content (AvgIpc) is 3.32. The van der Waals surface area contributed by atoms with Crippen LogP contribution in [0.3, 0.4) is 0 Å². The molecule has 0 spiro atoms. The van der Waals surface area contributed by atoms with E-state index in [1.807, 2.05) is 0 Å². The third kappa shape index (κ3) is 5.06. The van der Waals surface area contributed by atoms with Crippen LogP contribution < -0.4 is 11.1 Å². The van der Waals surface area contributed by atoms with Gasteiger partial charge in [0.05, 0.1) is 18.5 Å². The van der Waals surface area contributed by atoms with Gasteiger partial charge in [-0.05, 0) is 48.7 Å². The summed E-state index contributed by atoms with van der Waals surface area (Å²) in [6, 6.07) is 13.4. The second kappa shape index (κ2) is 9.87. The Hall–Kier alpha value is -3.65. The Labute approximate surface area is 190 Å². The van der Waals surface area contributed by atoms with Gasteiger partial charge in [-0.2, -0.15) is 0 Å². The van der Waals surface area contributed by atoms with Crippen molar-refractivity contribution in [2.24, 2.45) is 5.73 Å². The number of benzene rings is 2. The summed E-state index contributed by atoms with van der Waals surface area (Å²) < 4.78 is 27.5. The lowest BCUT2D eigenvalue weighted by Crippen LogP contribution is -2.42. The number of carbonyl (C=O) groups is 2. The van der Waals surface area contributed by atoms with E-state index in [2.05, 4.69) is 10.3 Å². The number of carbonyl (C=O) groups excluding carboxylic acids is 2. The first-order valence-electron chi connectivity index (χ1n) is 10.7. The van der Waals surface area contributed by atoms with Gasteiger partial charge in [0, 0.05) is 35.8 Å². The molecule has 2 aromatic carbocycles. The van der Waals surface area contributed by atoms with E-state index in [1.54, 1.807) is 53.7 Å². The molecular weight excluding hydrogens is 426 g/mol. The number of pyridine rings is 1. The third-order valence-electron chi connectivity index (χ3n) is 5.90. The van der Waals surface area contributed by atoms with Crippen molar-refractivity contribution in [3.8, 4) is 0 Å². The summed E-state index contributed by atoms with van der Waals surface area (Å²) in [5.41, 5.74) is 8.43. The van der Waals surface area contributed by atoms with Crippen molar-refractivity contribution in [2.45, 2.75) is 31.3 Å². The Morgan fingerprint density at radius 1 is 1.09 bits per heavy atom. The van der Waals surface area contributed by atoms with Crippen molar-refractivity contribution in [2.75, 3.05) is 11.9 Å². The monoisotopic (exact) mass is 450 g/mol. The lowest BCUT2D eigenvalue weighted by molar-refractivity contribution is -0.131. The SMILES string of the molecule is NC(c1ccc(C(=O)Nc2ccncc2)cc1)C1CCCN1C(=O)Cc1cccc(F)c1F. The molecule has 2 heterocycles. The van der Waals surface area contributed by atoms with Crippen LogP contribution >= 0.6 is 0 Å². The van der Waals surface area contributed by atoms with Crippen LogP contribution in [0, 0.1) is 11.6 Å². The number of hydrogen-bond acceptors (Lipinski definition) is 4. The summed E-state index contributed by atoms with van der Waals surface area (Å²) in [6.45, 7) is 0.514. The number of nitrogens with two attached hydrogens (primary N) is 1. The number of rotatable bonds is 6. The van der Waals surface area contributed by atoms with Gasteiger partial charge >= 0.3 is 0 Å². The molecule has 4 rings (SSSR count). The predicted molar refractivity (Wildman–Crippen MR) is 120 cm³/mol. The van der Waals surface area contributed by atoms with Gasteiger partial charge in [-0.15, -0.1) is 0 Å². The highest BCUT2D eigenvalue weighted by atomic mass is 19.2. The Morgan fingerprint density at radius 3 is 2.55 bits per heavy atom. The molecule has 1 aromatic heterocycles. The molecule has 1 fully saturated rings. The maximum absolute atomic E-state index is 14.0. The molecule has 0 saturated carbocycles. The minimum Gasteiger partial charge on any atom is -0.338 e. The average molecular weight is 450 g/mol. The lowest BCUT2D eigenvalue weighted by atomic mass is 9.96. The molecule has 3 N–H and O–H groups in total. The molecular formula is C25H24F2N4O2. The van der Waals surface area contributed by atoms with Crippen molar-refractivity contribution >= 4 is 17.5 Å². The van der Waals surface area contributed by atoms with Gasteiger partial charge in [-0.25, -0.2) is 8.78 Å². The predicted octanol–water partition coefficient (Wildman–Crippen LogP) is 3.85. The summed E-state index contributed by atoms with van der Waals surface area (Å²) >= 11 is 0. The summed E-state index contributed by atoms with van der Waals surface area (Å²) in [4.78, 5) is 30.9. The first-order valence-corrected chi connectivity index (χ1v) is 10.7. The van der Waals surface area contributed by atoms with E-state index in [1.165, 1.54) is 12.1 Å². The van der Waals surface area contributed by atoms with E-state index in [0.717, 1.165) is 18.1 Å². The summed E-state index contributed by atoms with van der Waals surface area (Å²) in [5, 5.41) is 2.80. The molecule has 2 amide bonds. The van der Waals surface area contributed by atoms with Gasteiger partial charge in [-0.3, -0.25) is 14.6 Å². The number of aromatic nitrogens is 1. The minimum atomic E-state index is -0.994. The number of likely N-dealkylation sites (tertiary alicyclic amines) is 1. The standard InChI is InChI=1S/C25H24F2N4O2/c26-20-4-1-3-18(23(20)27)15-22(32)31-14-2-5-21(31)24(28)16-6-8-17(9-7-16)25(33)30-19-10-12-29-13-11-19/h1,3-4,6-13,21,24H,2,5,14-15,28H2,(H,29,30,33). The first-order chi connectivity index (χ1) is 15.9. The van der Waals surface area contributed by atoms with Crippen molar-refractivity contribution in [1.29, 1.82) is 0 Å². The molecule has 2 unspecified atom stereocenters. The highest BCUT2D eigenvalue weighted by Crippen LogP contribution is 2.29. The van der Waals surface area contributed by atoms with Gasteiger partial charge in [0.15, 0.2) is 11.6 Å². The number of nitrogens with zero attached hydrogens (tertiary/aromatic N) is 2. The fraction of sp³-hybridized carbons (Fsp3) is 0.240. The fourth-order valence-electron chi connectivity index (χ4n) is 4.14. The molecule has 1 aliphatic heterocycles. The number of amides is 2. The smallest absolute Gasteiger partial charge is 0.255 e. The van der Waals surface area contributed by atoms with Crippen LogP contribution in [0.25, 0.3) is 0 Å². The van der Waals surface area contributed by atoms with E-state index in [-0.39, 0.29) is 29.8 Å². The molecule has 2 atom stereocenters. The topological polar surface area (TPSA) is 88.3 Å². The molecule has 1 saturated heterocycles. The zero-order valence-corrected chi connectivity index (χ0v) is 17.9. The van der Waals surface area contributed by atoms with Crippen LogP contribution in [0.15, 0.2) is 67.0 Å². The Kier molecular flexibility index (Phi) is 6.74. The lowest BCUT2D eigenvalue weighted by Gasteiger charge is -2.30. The van der Waals surface area contributed by atoms with Crippen molar-refractivity contribution in [3.05, 3.63) is 95.3 Å². The number of anilines is 1. The largest absolute Gasteiger partial charge is 0.338 e. The Morgan fingerprint density at radius 2 is 1.82 bits per heavy atom. The van der Waals surface area contributed by atoms with Crippen LogP contribution in [0.1, 0.15) is 40.4 Å². The second-order valence-corrected chi connectivity index (χ2v) is 8.02. The van der Waals surface area contributed by atoms with E-state index in [4.69, 9.17) is 5.73 Å². The maximum Gasteiger partial charge on any atom is 0.255 e. The quantitative estimate of drug-likeness (QED) is 0.597. The number of nitrogens with one attached hydrogen (secondary N) is 1. The zero-order chi connectivity index (χ0) is 23.4. The molecule has 0 aliphatic carbocycles. The van der Waals surface area contributed by atoms with E-state index >= 15 is 0 Å². The summed E-state index contributed by atoms with van der Waals surface area (Å²) in [5.74, 6) is -2.50. The van der Waals surface area contributed by atoms with Crippen molar-refractivity contribution in [1.82, 2.24) is 9.88 Å². The molecule has 3 aromatic rings. The van der Waals surface area contributed by atoms with Crippen molar-refractivity contribution in [3.63, 3.8) is 0 Å². The van der Waals surface area contributed by atoms with Crippen LogP contribution in [0.4, 0.5) is 14.5 Å². The van der Waals surface area contributed by atoms with Crippen LogP contribution in [-0.4, -0.2) is 34.3 Å². The fourth-order valence-corrected chi connectivity index (χ4v) is 4.14. The summed E-state index contributed by atoms with van der Waals surface area (Å²) in [7, 11) is 0. The second-order valence-electron chi connectivity index (χ2n) is 8.02. The van der Waals surface area contributed by atoms with Crippen LogP contribution in [-0.2, 0) is 11.2 Å². The van der Waals surface area contributed by atoms with E-state index in [0.29, 0.717) is 24.2 Å². The number of hydrogen-bond donors (Lipinski definition) is 2. The molecule has 1 aliphatic rings. The Balaban J connectivity index is 1.43. The highest BCUT2D eigenvalue weighted by Gasteiger charge is 2.34. The molecule has 8 heteroatoms. The van der Waals surface area contributed by atoms with E-state index in [9.17, 15) is 18.4 Å². The summed E-state index contributed by atoms with van der Waals surface area (Å²) in [6.07, 6.45) is 4.45. The molecule has 170 valence electrons. The molecule has 0 radical (unpaired) electrons. The van der Waals surface area contributed by atoms with Gasteiger partial charge < -0.3 is 16.0 Å². The zero-order valence-electron chi connectivity index (χ0n) is 17.9. The Bertz CT molecular complexity index is 1140. The number of halogens is 2. The van der Waals surface area contributed by atoms with E-state index < -0.39 is 17.7 Å². The van der Waals surface area contributed by atoms with Gasteiger partial charge in [0.25, 0.3) is 5.91 Å². The highest BCUT2D eigenvalue weighted by molar-refractivity contribution is 6.04. The van der Waals surface area contributed by atoms with Crippen molar-refractivity contribution < 1.29 is 18.4 Å². The molecule has 0 bridgehead atoms. The molecule has 6 nitrogen and oxygen atoms in total. The van der Waals surface area contributed by atoms with Crippen LogP contribution in [0.5, 0.6) is 0 Å². The van der Waals surface area contributed by atoms with Crippen LogP contribution in [0.2, 0.25) is 0 Å². The van der Waals surface area contributed by atoms with Gasteiger partial charge in [0.1, 0.15) is 0 Å². The normalized spacial score (nSPS) is 16.5. The maximum atomic E-state index is 14.0.